The highest BCUT2D eigenvalue weighted by atomic mass is 32.2. The van der Waals surface area contributed by atoms with Crippen molar-refractivity contribution in [3.63, 3.8) is 0 Å². The fourth-order valence-electron chi connectivity index (χ4n) is 3.27. The summed E-state index contributed by atoms with van der Waals surface area (Å²) in [6.07, 6.45) is 5.61. The summed E-state index contributed by atoms with van der Waals surface area (Å²) >= 11 is 5.00. The molecule has 3 aromatic carbocycles. The minimum absolute atomic E-state index is 0.181. The molecule has 0 bridgehead atoms. The summed E-state index contributed by atoms with van der Waals surface area (Å²) < 4.78 is 0. The molecule has 5 nitrogen and oxygen atoms in total. The summed E-state index contributed by atoms with van der Waals surface area (Å²) in [7, 11) is 0. The summed E-state index contributed by atoms with van der Waals surface area (Å²) in [6, 6.07) is 30.7. The topological polar surface area (TPSA) is 76.0 Å². The molecule has 0 aliphatic carbocycles. The van der Waals surface area contributed by atoms with Crippen LogP contribution in [0, 0.1) is 5.92 Å². The van der Waals surface area contributed by atoms with Crippen molar-refractivity contribution in [3.05, 3.63) is 121 Å². The van der Waals surface area contributed by atoms with Crippen molar-refractivity contribution in [2.45, 2.75) is 82.7 Å². The SMILES string of the molecule is C=Cc1ccccc1.C=Cc1ccccc1.CCC(C)C(=O)O.CCC(C)c1ccccc1.CCSc1nc(SCC)nc(SCC)n1. The molecule has 4 aromatic rings. The van der Waals surface area contributed by atoms with Crippen LogP contribution in [0.1, 0.15) is 83.9 Å². The fraction of sp³-hybridized carbons (Fsp3) is 0.350. The van der Waals surface area contributed by atoms with E-state index in [1.165, 1.54) is 23.1 Å². The van der Waals surface area contributed by atoms with Crippen LogP contribution < -0.4 is 0 Å². The van der Waals surface area contributed by atoms with Gasteiger partial charge in [-0.05, 0) is 52.7 Å². The average Bonchev–Trinajstić information content (AvgIpc) is 3.13. The molecule has 0 amide bonds. The Balaban J connectivity index is 0.000000594. The van der Waals surface area contributed by atoms with Gasteiger partial charge in [0.25, 0.3) is 0 Å². The van der Waals surface area contributed by atoms with Crippen LogP contribution in [-0.4, -0.2) is 43.3 Å². The number of carboxylic acid groups (broad SMARTS) is 1. The van der Waals surface area contributed by atoms with Crippen molar-refractivity contribution in [2.75, 3.05) is 17.3 Å². The van der Waals surface area contributed by atoms with Crippen LogP contribution in [0.15, 0.2) is 120 Å². The van der Waals surface area contributed by atoms with E-state index in [1.807, 2.05) is 79.7 Å². The van der Waals surface area contributed by atoms with E-state index in [4.69, 9.17) is 5.11 Å². The molecular weight excluding hydrogens is 651 g/mol. The van der Waals surface area contributed by atoms with Crippen molar-refractivity contribution in [1.82, 2.24) is 15.0 Å². The first kappa shape index (κ1) is 44.7. The van der Waals surface area contributed by atoms with Crippen LogP contribution >= 0.6 is 35.3 Å². The summed E-state index contributed by atoms with van der Waals surface area (Å²) in [5, 5.41) is 10.7. The Labute approximate surface area is 303 Å². The second-order valence-electron chi connectivity index (χ2n) is 10.1. The van der Waals surface area contributed by atoms with Crippen molar-refractivity contribution in [1.29, 1.82) is 0 Å². The normalized spacial score (nSPS) is 10.8. The smallest absolute Gasteiger partial charge is 0.306 e. The minimum Gasteiger partial charge on any atom is -0.481 e. The molecule has 1 N–H and O–H groups in total. The molecule has 4 rings (SSSR count). The first-order chi connectivity index (χ1) is 23.2. The van der Waals surface area contributed by atoms with E-state index in [0.717, 1.165) is 39.1 Å². The van der Waals surface area contributed by atoms with Gasteiger partial charge in [-0.1, -0.05) is 200 Å². The van der Waals surface area contributed by atoms with E-state index in [-0.39, 0.29) is 5.92 Å². The van der Waals surface area contributed by atoms with Crippen molar-refractivity contribution in [2.24, 2.45) is 5.92 Å². The second kappa shape index (κ2) is 29.8. The molecule has 0 aliphatic heterocycles. The highest BCUT2D eigenvalue weighted by molar-refractivity contribution is 8.00. The molecule has 0 saturated heterocycles. The number of carboxylic acids is 1. The highest BCUT2D eigenvalue weighted by Gasteiger charge is 2.06. The van der Waals surface area contributed by atoms with Crippen LogP contribution in [-0.2, 0) is 4.79 Å². The molecule has 0 fully saturated rings. The molecule has 0 saturated carbocycles. The van der Waals surface area contributed by atoms with Crippen LogP contribution in [0.4, 0.5) is 0 Å². The zero-order valence-corrected chi connectivity index (χ0v) is 32.3. The number of aromatic nitrogens is 3. The van der Waals surface area contributed by atoms with Crippen molar-refractivity contribution >= 4 is 53.4 Å². The molecule has 1 heterocycles. The van der Waals surface area contributed by atoms with E-state index in [2.05, 4.69) is 93.1 Å². The molecule has 2 atom stereocenters. The molecule has 260 valence electrons. The van der Waals surface area contributed by atoms with E-state index in [0.29, 0.717) is 5.92 Å². The average molecular weight is 706 g/mol. The van der Waals surface area contributed by atoms with Gasteiger partial charge in [0.2, 0.25) is 0 Å². The maximum absolute atomic E-state index is 9.93. The predicted octanol–water partition coefficient (Wildman–Crippen LogP) is 12.2. The van der Waals surface area contributed by atoms with Crippen LogP contribution in [0.3, 0.4) is 0 Å². The van der Waals surface area contributed by atoms with Gasteiger partial charge in [0.1, 0.15) is 0 Å². The Morgan fingerprint density at radius 2 is 0.958 bits per heavy atom. The number of hydrogen-bond acceptors (Lipinski definition) is 7. The lowest BCUT2D eigenvalue weighted by Gasteiger charge is -2.06. The van der Waals surface area contributed by atoms with Crippen LogP contribution in [0.5, 0.6) is 0 Å². The number of thioether (sulfide) groups is 3. The number of rotatable bonds is 12. The zero-order chi connectivity index (χ0) is 36.0. The van der Waals surface area contributed by atoms with Gasteiger partial charge in [0.15, 0.2) is 15.5 Å². The number of carbonyl (C=O) groups is 1. The summed E-state index contributed by atoms with van der Waals surface area (Å²) in [4.78, 5) is 23.1. The maximum Gasteiger partial charge on any atom is 0.306 e. The van der Waals surface area contributed by atoms with Gasteiger partial charge in [-0.25, -0.2) is 0 Å². The monoisotopic (exact) mass is 705 g/mol. The van der Waals surface area contributed by atoms with E-state index < -0.39 is 5.97 Å². The van der Waals surface area contributed by atoms with Gasteiger partial charge < -0.3 is 5.11 Å². The molecular formula is C40H55N3O2S3. The minimum atomic E-state index is -0.706. The third-order valence-electron chi connectivity index (χ3n) is 6.48. The number of benzene rings is 3. The highest BCUT2D eigenvalue weighted by Crippen LogP contribution is 2.22. The molecule has 48 heavy (non-hydrogen) atoms. The Morgan fingerprint density at radius 3 is 1.17 bits per heavy atom. The zero-order valence-electron chi connectivity index (χ0n) is 29.8. The summed E-state index contributed by atoms with van der Waals surface area (Å²) in [6.45, 7) is 21.6. The standard InChI is InChI=1S/C10H14.C9H15N3S3.2C8H8.C5H10O2/c1-3-9(2)10-7-5-4-6-8-10;1-4-13-7-10-8(14-5-2)12-9(11-7)15-6-3;2*1-2-8-6-4-3-5-7-8;1-3-4(2)5(6)7/h4-9H,3H2,1-2H3;4-6H2,1-3H3;2*2-7H,1H2;4H,3H2,1-2H3,(H,6,7). The number of nitrogens with zero attached hydrogens (tertiary/aromatic N) is 3. The Bertz CT molecular complexity index is 1270. The van der Waals surface area contributed by atoms with E-state index in [1.54, 1.807) is 42.2 Å². The van der Waals surface area contributed by atoms with E-state index >= 15 is 0 Å². The van der Waals surface area contributed by atoms with E-state index in [9.17, 15) is 4.79 Å². The molecule has 0 spiro atoms. The van der Waals surface area contributed by atoms with Crippen LogP contribution in [0.25, 0.3) is 12.2 Å². The largest absolute Gasteiger partial charge is 0.481 e. The Kier molecular flexibility index (Phi) is 27.7. The maximum atomic E-state index is 9.93. The Morgan fingerprint density at radius 1 is 0.625 bits per heavy atom. The first-order valence-corrected chi connectivity index (χ1v) is 19.4. The second-order valence-corrected chi connectivity index (χ2v) is 13.8. The van der Waals surface area contributed by atoms with Gasteiger partial charge in [0.05, 0.1) is 5.92 Å². The third-order valence-corrected chi connectivity index (χ3v) is 8.67. The quantitative estimate of drug-likeness (QED) is 0.146. The van der Waals surface area contributed by atoms with Crippen LogP contribution in [0.2, 0.25) is 0 Å². The molecule has 1 aromatic heterocycles. The number of hydrogen-bond donors (Lipinski definition) is 1. The van der Waals surface area contributed by atoms with Gasteiger partial charge in [0, 0.05) is 0 Å². The van der Waals surface area contributed by atoms with Crippen molar-refractivity contribution in [3.8, 4) is 0 Å². The lowest BCUT2D eigenvalue weighted by Crippen LogP contribution is -2.06. The lowest BCUT2D eigenvalue weighted by molar-refractivity contribution is -0.141. The van der Waals surface area contributed by atoms with Crippen molar-refractivity contribution < 1.29 is 9.90 Å². The predicted molar refractivity (Wildman–Crippen MR) is 214 cm³/mol. The van der Waals surface area contributed by atoms with Gasteiger partial charge in [-0.2, -0.15) is 15.0 Å². The van der Waals surface area contributed by atoms with Gasteiger partial charge in [-0.15, -0.1) is 0 Å². The summed E-state index contributed by atoms with van der Waals surface area (Å²) in [5.41, 5.74) is 3.80. The number of aliphatic carboxylic acids is 1. The van der Waals surface area contributed by atoms with Gasteiger partial charge in [-0.3, -0.25) is 4.79 Å². The summed E-state index contributed by atoms with van der Waals surface area (Å²) in [5.74, 6) is 2.81. The fourth-order valence-corrected chi connectivity index (χ4v) is 5.13. The first-order valence-electron chi connectivity index (χ1n) is 16.5. The molecule has 8 heteroatoms. The molecule has 0 radical (unpaired) electrons. The van der Waals surface area contributed by atoms with Gasteiger partial charge >= 0.3 is 5.97 Å². The Hall–Kier alpha value is -3.33. The molecule has 0 aliphatic rings. The third kappa shape index (κ3) is 22.3. The lowest BCUT2D eigenvalue weighted by atomic mass is 9.99. The molecule has 2 unspecified atom stereocenters.